The number of nitrogens with zero attached hydrogens (tertiary/aromatic N) is 1. The minimum atomic E-state index is -0.725. The van der Waals surface area contributed by atoms with E-state index >= 15 is 0 Å². The maximum Gasteiger partial charge on any atom is 0.325 e. The summed E-state index contributed by atoms with van der Waals surface area (Å²) in [5.41, 5.74) is -0.725. The number of nitrogens with one attached hydrogen (secondary N) is 1. The van der Waals surface area contributed by atoms with Gasteiger partial charge in [-0.15, -0.1) is 0 Å². The van der Waals surface area contributed by atoms with E-state index in [2.05, 4.69) is 17.1 Å². The number of carboxylic acid groups (broad SMARTS) is 1. The van der Waals surface area contributed by atoms with Crippen molar-refractivity contribution in [2.45, 2.75) is 56.7 Å². The first-order valence-corrected chi connectivity index (χ1v) is 7.99. The van der Waals surface area contributed by atoms with E-state index in [0.717, 1.165) is 51.8 Å². The number of hydrogen-bond acceptors (Lipinski definition) is 4. The largest absolute Gasteiger partial charge is 0.480 e. The van der Waals surface area contributed by atoms with Gasteiger partial charge in [0.25, 0.3) is 0 Å². The van der Waals surface area contributed by atoms with Gasteiger partial charge in [-0.2, -0.15) is 0 Å². The third-order valence-corrected chi connectivity index (χ3v) is 4.85. The zero-order valence-electron chi connectivity index (χ0n) is 12.3. The molecule has 5 nitrogen and oxygen atoms in total. The molecule has 1 heterocycles. The van der Waals surface area contributed by atoms with Crippen LogP contribution in [0.25, 0.3) is 0 Å². The van der Waals surface area contributed by atoms with E-state index < -0.39 is 11.5 Å². The van der Waals surface area contributed by atoms with Gasteiger partial charge in [0.15, 0.2) is 0 Å². The minimum Gasteiger partial charge on any atom is -0.480 e. The Hall–Kier alpha value is -0.650. The van der Waals surface area contributed by atoms with Gasteiger partial charge in [0.2, 0.25) is 0 Å². The van der Waals surface area contributed by atoms with Crippen LogP contribution in [0.4, 0.5) is 0 Å². The molecule has 2 saturated carbocycles. The van der Waals surface area contributed by atoms with Crippen molar-refractivity contribution < 1.29 is 14.6 Å². The molecule has 0 amide bonds. The smallest absolute Gasteiger partial charge is 0.325 e. The first-order chi connectivity index (χ1) is 9.64. The average Bonchev–Trinajstić information content (AvgIpc) is 3.30. The van der Waals surface area contributed by atoms with E-state index in [1.54, 1.807) is 0 Å². The van der Waals surface area contributed by atoms with Crippen LogP contribution in [-0.4, -0.2) is 59.9 Å². The molecule has 0 bridgehead atoms. The molecule has 20 heavy (non-hydrogen) atoms. The highest BCUT2D eigenvalue weighted by Crippen LogP contribution is 2.42. The topological polar surface area (TPSA) is 61.8 Å². The van der Waals surface area contributed by atoms with Crippen LogP contribution in [0.15, 0.2) is 0 Å². The lowest BCUT2D eigenvalue weighted by Crippen LogP contribution is -2.63. The summed E-state index contributed by atoms with van der Waals surface area (Å²) in [6, 6.07) is 0.426. The molecular formula is C15H26N2O3. The second-order valence-corrected chi connectivity index (χ2v) is 6.61. The van der Waals surface area contributed by atoms with Gasteiger partial charge < -0.3 is 9.84 Å². The zero-order chi connectivity index (χ0) is 14.2. The van der Waals surface area contributed by atoms with Crippen molar-refractivity contribution in [3.8, 4) is 0 Å². The number of morpholine rings is 1. The fraction of sp³-hybridized carbons (Fsp3) is 0.933. The molecule has 2 aliphatic carbocycles. The van der Waals surface area contributed by atoms with Crippen LogP contribution < -0.4 is 5.32 Å². The lowest BCUT2D eigenvalue weighted by atomic mass is 9.91. The molecule has 0 aromatic heterocycles. The van der Waals surface area contributed by atoms with Gasteiger partial charge in [-0.25, -0.2) is 0 Å². The van der Waals surface area contributed by atoms with Crippen molar-refractivity contribution in [1.82, 2.24) is 10.2 Å². The van der Waals surface area contributed by atoms with E-state index in [9.17, 15) is 9.90 Å². The second kappa shape index (κ2) is 5.62. The summed E-state index contributed by atoms with van der Waals surface area (Å²) in [7, 11) is 0. The first-order valence-electron chi connectivity index (χ1n) is 7.99. The maximum atomic E-state index is 12.0. The summed E-state index contributed by atoms with van der Waals surface area (Å²) in [6.45, 7) is 5.20. The molecular weight excluding hydrogens is 256 g/mol. The lowest BCUT2D eigenvalue weighted by Gasteiger charge is -2.40. The van der Waals surface area contributed by atoms with Crippen LogP contribution in [0.1, 0.15) is 39.0 Å². The quantitative estimate of drug-likeness (QED) is 0.732. The van der Waals surface area contributed by atoms with Gasteiger partial charge in [0.1, 0.15) is 5.54 Å². The summed E-state index contributed by atoms with van der Waals surface area (Å²) in [4.78, 5) is 14.3. The first kappa shape index (κ1) is 14.3. The second-order valence-electron chi connectivity index (χ2n) is 6.61. The van der Waals surface area contributed by atoms with Gasteiger partial charge in [0.05, 0.1) is 12.7 Å². The third kappa shape index (κ3) is 3.00. The van der Waals surface area contributed by atoms with Gasteiger partial charge in [-0.1, -0.05) is 6.92 Å². The summed E-state index contributed by atoms with van der Waals surface area (Å²) in [5.74, 6) is -0.352. The van der Waals surface area contributed by atoms with Gasteiger partial charge in [-0.05, 0) is 38.0 Å². The number of carbonyl (C=O) groups is 1. The summed E-state index contributed by atoms with van der Waals surface area (Å²) >= 11 is 0. The van der Waals surface area contributed by atoms with Crippen LogP contribution in [0.2, 0.25) is 0 Å². The predicted octanol–water partition coefficient (Wildman–Crippen LogP) is 1.08. The summed E-state index contributed by atoms with van der Waals surface area (Å²) in [6.07, 6.45) is 5.61. The Kier molecular flexibility index (Phi) is 4.02. The van der Waals surface area contributed by atoms with E-state index in [4.69, 9.17) is 4.74 Å². The Morgan fingerprint density at radius 1 is 1.40 bits per heavy atom. The van der Waals surface area contributed by atoms with Gasteiger partial charge >= 0.3 is 5.97 Å². The molecule has 5 heteroatoms. The van der Waals surface area contributed by atoms with Crippen LogP contribution >= 0.6 is 0 Å². The fourth-order valence-corrected chi connectivity index (χ4v) is 3.29. The Morgan fingerprint density at radius 2 is 2.15 bits per heavy atom. The minimum absolute atomic E-state index is 0.260. The number of carboxylic acids is 1. The molecule has 114 valence electrons. The number of rotatable bonds is 7. The van der Waals surface area contributed by atoms with E-state index in [1.165, 1.54) is 0 Å². The number of hydrogen-bond donors (Lipinski definition) is 2. The molecule has 3 aliphatic rings. The molecule has 0 radical (unpaired) electrons. The molecule has 0 aromatic rings. The van der Waals surface area contributed by atoms with Crippen LogP contribution in [0.3, 0.4) is 0 Å². The standard InChI is InChI=1S/C15H26N2O3/c1-2-13-9-17(7-8-20-13)10-15(14(18)19,11-3-4-11)16-12-5-6-12/h11-13,16H,2-10H2,1H3,(H,18,19). The monoisotopic (exact) mass is 282 g/mol. The normalized spacial score (nSPS) is 30.9. The molecule has 1 aliphatic heterocycles. The van der Waals surface area contributed by atoms with Crippen molar-refractivity contribution in [2.24, 2.45) is 5.92 Å². The third-order valence-electron chi connectivity index (χ3n) is 4.85. The Balaban J connectivity index is 1.69. The van der Waals surface area contributed by atoms with E-state index in [0.29, 0.717) is 18.5 Å². The van der Waals surface area contributed by atoms with Gasteiger partial charge in [-0.3, -0.25) is 15.0 Å². The number of ether oxygens (including phenoxy) is 1. The highest BCUT2D eigenvalue weighted by molar-refractivity contribution is 5.80. The van der Waals surface area contributed by atoms with Crippen molar-refractivity contribution in [2.75, 3.05) is 26.2 Å². The van der Waals surface area contributed by atoms with Crippen molar-refractivity contribution in [3.63, 3.8) is 0 Å². The molecule has 2 unspecified atom stereocenters. The average molecular weight is 282 g/mol. The van der Waals surface area contributed by atoms with Crippen LogP contribution in [0, 0.1) is 5.92 Å². The molecule has 0 spiro atoms. The summed E-state index contributed by atoms with van der Waals surface area (Å²) < 4.78 is 5.69. The van der Waals surface area contributed by atoms with Gasteiger partial charge in [0, 0.05) is 25.7 Å². The van der Waals surface area contributed by atoms with Crippen molar-refractivity contribution >= 4 is 5.97 Å². The molecule has 2 N–H and O–H groups in total. The molecule has 1 saturated heterocycles. The lowest BCUT2D eigenvalue weighted by molar-refractivity contribution is -0.148. The van der Waals surface area contributed by atoms with E-state index in [-0.39, 0.29) is 6.10 Å². The van der Waals surface area contributed by atoms with Crippen LogP contribution in [0.5, 0.6) is 0 Å². The Bertz CT molecular complexity index is 368. The molecule has 3 fully saturated rings. The van der Waals surface area contributed by atoms with Crippen molar-refractivity contribution in [1.29, 1.82) is 0 Å². The molecule has 0 aromatic carbocycles. The predicted molar refractivity (Wildman–Crippen MR) is 75.7 cm³/mol. The van der Waals surface area contributed by atoms with Crippen molar-refractivity contribution in [3.05, 3.63) is 0 Å². The Labute approximate surface area is 120 Å². The summed E-state index contributed by atoms with van der Waals surface area (Å²) in [5, 5.41) is 13.3. The fourth-order valence-electron chi connectivity index (χ4n) is 3.29. The maximum absolute atomic E-state index is 12.0. The Morgan fingerprint density at radius 3 is 2.70 bits per heavy atom. The SMILES string of the molecule is CCC1CN(CC(NC2CC2)(C(=O)O)C2CC2)CCO1. The number of aliphatic carboxylic acids is 1. The highest BCUT2D eigenvalue weighted by atomic mass is 16.5. The molecule has 2 atom stereocenters. The zero-order valence-corrected chi connectivity index (χ0v) is 12.3. The highest BCUT2D eigenvalue weighted by Gasteiger charge is 2.54. The van der Waals surface area contributed by atoms with Crippen LogP contribution in [-0.2, 0) is 9.53 Å². The van der Waals surface area contributed by atoms with E-state index in [1.807, 2.05) is 0 Å². The molecule has 3 rings (SSSR count).